The summed E-state index contributed by atoms with van der Waals surface area (Å²) < 4.78 is 5.47. The Morgan fingerprint density at radius 2 is 0.758 bits per heavy atom. The first-order valence-electron chi connectivity index (χ1n) is 27.6. The topological polar surface area (TPSA) is 95.9 Å². The fourth-order valence-electron chi connectivity index (χ4n) is 8.45. The molecule has 0 aromatic heterocycles. The molecule has 3 N–H and O–H groups in total. The van der Waals surface area contributed by atoms with Gasteiger partial charge in [0.05, 0.1) is 25.4 Å². The van der Waals surface area contributed by atoms with Gasteiger partial charge in [-0.1, -0.05) is 250 Å². The molecule has 0 heterocycles. The van der Waals surface area contributed by atoms with Crippen LogP contribution in [0.2, 0.25) is 0 Å². The van der Waals surface area contributed by atoms with Crippen LogP contribution in [0.15, 0.2) is 24.3 Å². The molecule has 62 heavy (non-hydrogen) atoms. The lowest BCUT2D eigenvalue weighted by Crippen LogP contribution is -2.45. The molecule has 2 atom stereocenters. The molecule has 2 unspecified atom stereocenters. The van der Waals surface area contributed by atoms with Crippen molar-refractivity contribution in [2.45, 2.75) is 309 Å². The summed E-state index contributed by atoms with van der Waals surface area (Å²) >= 11 is 0. The van der Waals surface area contributed by atoms with E-state index in [1.165, 1.54) is 225 Å². The number of carbonyl (C=O) groups excluding carboxylic acids is 2. The van der Waals surface area contributed by atoms with Gasteiger partial charge in [-0.05, 0) is 57.8 Å². The quantitative estimate of drug-likeness (QED) is 0.0321. The van der Waals surface area contributed by atoms with Crippen LogP contribution in [0.5, 0.6) is 0 Å². The minimum Gasteiger partial charge on any atom is -0.466 e. The molecule has 0 spiro atoms. The molecule has 1 amide bonds. The predicted molar refractivity (Wildman–Crippen MR) is 269 cm³/mol. The lowest BCUT2D eigenvalue weighted by atomic mass is 10.0. The number of esters is 1. The molecule has 0 saturated carbocycles. The van der Waals surface area contributed by atoms with E-state index in [0.717, 1.165) is 44.9 Å². The Balaban J connectivity index is 3.43. The second-order valence-corrected chi connectivity index (χ2v) is 18.9. The van der Waals surface area contributed by atoms with Gasteiger partial charge in [0, 0.05) is 12.8 Å². The van der Waals surface area contributed by atoms with Crippen molar-refractivity contribution in [1.29, 1.82) is 0 Å². The summed E-state index contributed by atoms with van der Waals surface area (Å²) in [4.78, 5) is 24.4. The fourth-order valence-corrected chi connectivity index (χ4v) is 8.45. The highest BCUT2D eigenvalue weighted by Crippen LogP contribution is 2.16. The lowest BCUT2D eigenvalue weighted by Gasteiger charge is -2.20. The predicted octanol–water partition coefficient (Wildman–Crippen LogP) is 16.7. The SMILES string of the molecule is CCCCCCCCCCC/C=C/C(O)C(CO)NC(=O)CCCCCCCCC/C=C\CCCCCCCCCCCCOC(=O)CCCCCCCCCCCCCCC. The Morgan fingerprint density at radius 1 is 0.435 bits per heavy atom. The van der Waals surface area contributed by atoms with Gasteiger partial charge in [0.25, 0.3) is 0 Å². The van der Waals surface area contributed by atoms with Crippen LogP contribution >= 0.6 is 0 Å². The largest absolute Gasteiger partial charge is 0.466 e. The first-order valence-corrected chi connectivity index (χ1v) is 27.6. The van der Waals surface area contributed by atoms with E-state index < -0.39 is 12.1 Å². The zero-order valence-corrected chi connectivity index (χ0v) is 41.6. The smallest absolute Gasteiger partial charge is 0.305 e. The third-order valence-corrected chi connectivity index (χ3v) is 12.7. The number of hydrogen-bond donors (Lipinski definition) is 3. The number of carbonyl (C=O) groups is 2. The highest BCUT2D eigenvalue weighted by atomic mass is 16.5. The van der Waals surface area contributed by atoms with Crippen molar-refractivity contribution in [3.63, 3.8) is 0 Å². The molecule has 0 fully saturated rings. The molecular weight excluding hydrogens is 767 g/mol. The van der Waals surface area contributed by atoms with Crippen LogP contribution < -0.4 is 5.32 Å². The van der Waals surface area contributed by atoms with Crippen LogP contribution in [-0.2, 0) is 14.3 Å². The van der Waals surface area contributed by atoms with E-state index >= 15 is 0 Å². The highest BCUT2D eigenvalue weighted by molar-refractivity contribution is 5.76. The maximum atomic E-state index is 12.4. The molecule has 366 valence electrons. The maximum Gasteiger partial charge on any atom is 0.305 e. The number of ether oxygens (including phenoxy) is 1. The standard InChI is InChI=1S/C56H107NO5/c1-3-5-7-9-11-13-15-25-30-34-38-42-46-50-56(61)62-51-47-43-39-35-31-27-24-22-20-18-16-17-19-21-23-26-29-33-37-41-45-49-55(60)57-53(52-58)54(59)48-44-40-36-32-28-14-12-10-8-6-4-2/h17,19,44,48,53-54,58-59H,3-16,18,20-43,45-47,49-52H2,1-2H3,(H,57,60)/b19-17-,48-44+. The number of aliphatic hydroxyl groups excluding tert-OH is 2. The second-order valence-electron chi connectivity index (χ2n) is 18.9. The minimum absolute atomic E-state index is 0.00885. The van der Waals surface area contributed by atoms with E-state index in [9.17, 15) is 19.8 Å². The zero-order valence-electron chi connectivity index (χ0n) is 41.6. The number of unbranched alkanes of at least 4 members (excludes halogenated alkanes) is 38. The monoisotopic (exact) mass is 874 g/mol. The van der Waals surface area contributed by atoms with Gasteiger partial charge in [0.15, 0.2) is 0 Å². The summed E-state index contributed by atoms with van der Waals surface area (Å²) in [5.74, 6) is -0.0680. The van der Waals surface area contributed by atoms with Crippen LogP contribution in [0, 0.1) is 0 Å². The molecule has 0 aromatic rings. The van der Waals surface area contributed by atoms with E-state index in [1.54, 1.807) is 6.08 Å². The number of nitrogens with one attached hydrogen (secondary N) is 1. The zero-order chi connectivity index (χ0) is 45.1. The molecule has 0 aromatic carbocycles. The Bertz CT molecular complexity index is 966. The average Bonchev–Trinajstić information content (AvgIpc) is 3.27. The van der Waals surface area contributed by atoms with Gasteiger partial charge in [-0.3, -0.25) is 9.59 Å². The van der Waals surface area contributed by atoms with E-state index in [1.807, 2.05) is 6.08 Å². The van der Waals surface area contributed by atoms with Crippen molar-refractivity contribution < 1.29 is 24.5 Å². The van der Waals surface area contributed by atoms with Crippen LogP contribution in [0.1, 0.15) is 296 Å². The fraction of sp³-hybridized carbons (Fsp3) is 0.893. The van der Waals surface area contributed by atoms with E-state index in [2.05, 4.69) is 31.3 Å². The van der Waals surface area contributed by atoms with Crippen LogP contribution in [-0.4, -0.2) is 47.4 Å². The van der Waals surface area contributed by atoms with Gasteiger partial charge in [-0.15, -0.1) is 0 Å². The van der Waals surface area contributed by atoms with Gasteiger partial charge in [0.1, 0.15) is 0 Å². The average molecular weight is 874 g/mol. The van der Waals surface area contributed by atoms with Gasteiger partial charge < -0.3 is 20.3 Å². The molecule has 0 rings (SSSR count). The normalized spacial score (nSPS) is 12.8. The molecule has 0 aliphatic carbocycles. The number of allylic oxidation sites excluding steroid dienone is 3. The van der Waals surface area contributed by atoms with Gasteiger partial charge in [0.2, 0.25) is 5.91 Å². The first-order chi connectivity index (χ1) is 30.5. The number of hydrogen-bond acceptors (Lipinski definition) is 5. The lowest BCUT2D eigenvalue weighted by molar-refractivity contribution is -0.143. The van der Waals surface area contributed by atoms with E-state index in [4.69, 9.17) is 4.74 Å². The molecule has 0 bridgehead atoms. The summed E-state index contributed by atoms with van der Waals surface area (Å²) in [7, 11) is 0. The van der Waals surface area contributed by atoms with E-state index in [-0.39, 0.29) is 18.5 Å². The van der Waals surface area contributed by atoms with Crippen LogP contribution in [0.3, 0.4) is 0 Å². The summed E-state index contributed by atoms with van der Waals surface area (Å²) in [6.45, 7) is 4.89. The van der Waals surface area contributed by atoms with Crippen LogP contribution in [0.25, 0.3) is 0 Å². The number of amides is 1. The summed E-state index contributed by atoms with van der Waals surface area (Å²) in [6.07, 6.45) is 62.0. The molecule has 6 heteroatoms. The second kappa shape index (κ2) is 52.0. The van der Waals surface area contributed by atoms with Gasteiger partial charge in [-0.2, -0.15) is 0 Å². The minimum atomic E-state index is -0.847. The van der Waals surface area contributed by atoms with Crippen LogP contribution in [0.4, 0.5) is 0 Å². The van der Waals surface area contributed by atoms with Crippen molar-refractivity contribution in [2.75, 3.05) is 13.2 Å². The molecule has 6 nitrogen and oxygen atoms in total. The van der Waals surface area contributed by atoms with Gasteiger partial charge in [-0.25, -0.2) is 0 Å². The molecule has 0 aliphatic rings. The summed E-state index contributed by atoms with van der Waals surface area (Å²) in [5, 5.41) is 23.0. The molecule has 0 radical (unpaired) electrons. The maximum absolute atomic E-state index is 12.4. The Labute approximate surface area is 386 Å². The third kappa shape index (κ3) is 47.8. The molecule has 0 saturated heterocycles. The molecular formula is C56H107NO5. The molecule has 0 aliphatic heterocycles. The van der Waals surface area contributed by atoms with E-state index in [0.29, 0.717) is 19.4 Å². The van der Waals surface area contributed by atoms with Crippen molar-refractivity contribution in [2.24, 2.45) is 0 Å². The Morgan fingerprint density at radius 3 is 1.15 bits per heavy atom. The summed E-state index contributed by atoms with van der Waals surface area (Å²) in [6, 6.07) is -0.631. The third-order valence-electron chi connectivity index (χ3n) is 12.7. The highest BCUT2D eigenvalue weighted by Gasteiger charge is 2.18. The van der Waals surface area contributed by atoms with Crippen molar-refractivity contribution in [1.82, 2.24) is 5.32 Å². The van der Waals surface area contributed by atoms with Crippen molar-refractivity contribution in [3.05, 3.63) is 24.3 Å². The Hall–Kier alpha value is -1.66. The summed E-state index contributed by atoms with van der Waals surface area (Å²) in [5.41, 5.74) is 0. The van der Waals surface area contributed by atoms with Crippen molar-refractivity contribution in [3.8, 4) is 0 Å². The number of rotatable bonds is 51. The number of aliphatic hydroxyl groups is 2. The van der Waals surface area contributed by atoms with Crippen molar-refractivity contribution >= 4 is 11.9 Å². The first kappa shape index (κ1) is 60.3. The van der Waals surface area contributed by atoms with Gasteiger partial charge >= 0.3 is 5.97 Å². The Kier molecular flexibility index (Phi) is 50.6.